The van der Waals surface area contributed by atoms with Gasteiger partial charge in [-0.2, -0.15) is 0 Å². The van der Waals surface area contributed by atoms with Crippen molar-refractivity contribution >= 4 is 38.8 Å². The van der Waals surface area contributed by atoms with Crippen LogP contribution in [0.15, 0.2) is 53.5 Å². The van der Waals surface area contributed by atoms with Gasteiger partial charge in [0.1, 0.15) is 0 Å². The molecule has 3 amide bonds. The Labute approximate surface area is 157 Å². The standard InChI is InChI=1S/C18H14BrN5O2/c1-18(14-9-20-7-8-21-14)16(25)24(17(26)23-18)10-11-4-5-13(19)12-3-2-6-22-15(11)12/h2-9H,10H2,1H3,(H,23,26)/t18-/m0/s1. The minimum atomic E-state index is -1.23. The molecule has 8 heteroatoms. The number of hydrogen-bond donors (Lipinski definition) is 1. The molecule has 1 fully saturated rings. The zero-order valence-corrected chi connectivity index (χ0v) is 15.4. The fourth-order valence-corrected chi connectivity index (χ4v) is 3.52. The molecular weight excluding hydrogens is 398 g/mol. The van der Waals surface area contributed by atoms with Crippen LogP contribution in [0.4, 0.5) is 4.79 Å². The van der Waals surface area contributed by atoms with E-state index in [2.05, 4.69) is 36.2 Å². The number of fused-ring (bicyclic) bond motifs is 1. The van der Waals surface area contributed by atoms with Crippen LogP contribution in [0.2, 0.25) is 0 Å². The third kappa shape index (κ3) is 2.53. The molecule has 4 rings (SSSR count). The predicted molar refractivity (Wildman–Crippen MR) is 97.9 cm³/mol. The fraction of sp³-hybridized carbons (Fsp3) is 0.167. The largest absolute Gasteiger partial charge is 0.325 e. The molecule has 26 heavy (non-hydrogen) atoms. The number of carbonyl (C=O) groups is 2. The van der Waals surface area contributed by atoms with Gasteiger partial charge in [0, 0.05) is 28.4 Å². The van der Waals surface area contributed by atoms with Crippen LogP contribution in [0.25, 0.3) is 10.9 Å². The Hall–Kier alpha value is -2.87. The van der Waals surface area contributed by atoms with E-state index in [4.69, 9.17) is 0 Å². The number of carbonyl (C=O) groups excluding carboxylic acids is 2. The maximum absolute atomic E-state index is 13.0. The molecule has 1 aliphatic rings. The Balaban J connectivity index is 1.71. The number of benzene rings is 1. The van der Waals surface area contributed by atoms with Gasteiger partial charge in [0.05, 0.1) is 24.0 Å². The van der Waals surface area contributed by atoms with Gasteiger partial charge in [-0.3, -0.25) is 24.6 Å². The number of nitrogens with zero attached hydrogens (tertiary/aromatic N) is 4. The summed E-state index contributed by atoms with van der Waals surface area (Å²) in [4.78, 5) is 39.3. The van der Waals surface area contributed by atoms with Crippen molar-refractivity contribution in [2.75, 3.05) is 0 Å². The molecule has 1 aliphatic heterocycles. The number of halogens is 1. The van der Waals surface area contributed by atoms with Crippen molar-refractivity contribution in [2.24, 2.45) is 0 Å². The van der Waals surface area contributed by atoms with Crippen molar-refractivity contribution in [3.8, 4) is 0 Å². The van der Waals surface area contributed by atoms with Crippen molar-refractivity contribution in [2.45, 2.75) is 19.0 Å². The monoisotopic (exact) mass is 411 g/mol. The first kappa shape index (κ1) is 16.6. The molecule has 0 saturated carbocycles. The lowest BCUT2D eigenvalue weighted by atomic mass is 9.98. The highest BCUT2D eigenvalue weighted by Crippen LogP contribution is 2.30. The minimum absolute atomic E-state index is 0.126. The summed E-state index contributed by atoms with van der Waals surface area (Å²) in [5.74, 6) is -0.366. The van der Waals surface area contributed by atoms with Gasteiger partial charge >= 0.3 is 6.03 Å². The molecule has 130 valence electrons. The summed E-state index contributed by atoms with van der Waals surface area (Å²) in [5.41, 5.74) is 0.704. The summed E-state index contributed by atoms with van der Waals surface area (Å²) >= 11 is 3.50. The number of urea groups is 1. The molecule has 3 aromatic rings. The Morgan fingerprint density at radius 2 is 2.00 bits per heavy atom. The highest BCUT2D eigenvalue weighted by Gasteiger charge is 2.50. The highest BCUT2D eigenvalue weighted by molar-refractivity contribution is 9.10. The molecule has 1 aromatic carbocycles. The van der Waals surface area contributed by atoms with Crippen molar-refractivity contribution in [1.29, 1.82) is 0 Å². The molecule has 1 atom stereocenters. The lowest BCUT2D eigenvalue weighted by Crippen LogP contribution is -2.41. The maximum atomic E-state index is 13.0. The Morgan fingerprint density at radius 3 is 2.77 bits per heavy atom. The zero-order chi connectivity index (χ0) is 18.3. The van der Waals surface area contributed by atoms with Gasteiger partial charge in [-0.05, 0) is 24.6 Å². The van der Waals surface area contributed by atoms with Crippen LogP contribution in [-0.2, 0) is 16.9 Å². The van der Waals surface area contributed by atoms with Crippen molar-refractivity contribution in [3.05, 3.63) is 64.8 Å². The fourth-order valence-electron chi connectivity index (χ4n) is 3.07. The van der Waals surface area contributed by atoms with Crippen molar-refractivity contribution < 1.29 is 9.59 Å². The van der Waals surface area contributed by atoms with E-state index in [-0.39, 0.29) is 12.5 Å². The highest BCUT2D eigenvalue weighted by atomic mass is 79.9. The first-order valence-electron chi connectivity index (χ1n) is 7.93. The number of nitrogens with one attached hydrogen (secondary N) is 1. The molecule has 1 saturated heterocycles. The second-order valence-corrected chi connectivity index (χ2v) is 7.00. The normalized spacial score (nSPS) is 19.8. The Bertz CT molecular complexity index is 1030. The van der Waals surface area contributed by atoms with Crippen molar-refractivity contribution in [3.63, 3.8) is 0 Å². The van der Waals surface area contributed by atoms with Crippen LogP contribution in [0.1, 0.15) is 18.2 Å². The molecule has 0 radical (unpaired) electrons. The van der Waals surface area contributed by atoms with Crippen LogP contribution in [0.5, 0.6) is 0 Å². The topological polar surface area (TPSA) is 88.1 Å². The maximum Gasteiger partial charge on any atom is 0.325 e. The number of imide groups is 1. The summed E-state index contributed by atoms with van der Waals surface area (Å²) < 4.78 is 0.908. The number of rotatable bonds is 3. The first-order chi connectivity index (χ1) is 12.5. The van der Waals surface area contributed by atoms with E-state index in [1.807, 2.05) is 24.3 Å². The quantitative estimate of drug-likeness (QED) is 0.669. The second-order valence-electron chi connectivity index (χ2n) is 6.14. The number of pyridine rings is 1. The Kier molecular flexibility index (Phi) is 3.91. The molecule has 0 spiro atoms. The van der Waals surface area contributed by atoms with E-state index in [9.17, 15) is 9.59 Å². The molecule has 0 unspecified atom stereocenters. The second kappa shape index (κ2) is 6.14. The SMILES string of the molecule is C[C@@]1(c2cnccn2)NC(=O)N(Cc2ccc(Br)c3cccnc23)C1=O. The summed E-state index contributed by atoms with van der Waals surface area (Å²) in [6, 6.07) is 7.06. The first-order valence-corrected chi connectivity index (χ1v) is 8.73. The van der Waals surface area contributed by atoms with Gasteiger partial charge in [0.15, 0.2) is 5.54 Å². The Morgan fingerprint density at radius 1 is 1.15 bits per heavy atom. The zero-order valence-electron chi connectivity index (χ0n) is 13.8. The molecule has 2 aromatic heterocycles. The average Bonchev–Trinajstić information content (AvgIpc) is 2.89. The third-order valence-corrected chi connectivity index (χ3v) is 5.17. The average molecular weight is 412 g/mol. The molecule has 3 heterocycles. The number of amides is 3. The van der Waals surface area contributed by atoms with Crippen molar-refractivity contribution in [1.82, 2.24) is 25.2 Å². The van der Waals surface area contributed by atoms with Gasteiger partial charge in [-0.1, -0.05) is 28.1 Å². The van der Waals surface area contributed by atoms with Crippen LogP contribution in [0, 0.1) is 0 Å². The predicted octanol–water partition coefficient (Wildman–Crippen LogP) is 2.75. The molecule has 7 nitrogen and oxygen atoms in total. The van der Waals surface area contributed by atoms with E-state index in [1.165, 1.54) is 23.5 Å². The van der Waals surface area contributed by atoms with Gasteiger partial charge in [0.25, 0.3) is 5.91 Å². The molecule has 0 bridgehead atoms. The van der Waals surface area contributed by atoms with Crippen LogP contribution in [0.3, 0.4) is 0 Å². The lowest BCUT2D eigenvalue weighted by molar-refractivity contribution is -0.131. The van der Waals surface area contributed by atoms with Gasteiger partial charge in [-0.25, -0.2) is 4.79 Å². The van der Waals surface area contributed by atoms with Gasteiger partial charge in [0.2, 0.25) is 0 Å². The van der Waals surface area contributed by atoms with E-state index < -0.39 is 11.6 Å². The van der Waals surface area contributed by atoms with Gasteiger partial charge < -0.3 is 5.32 Å². The smallest absolute Gasteiger partial charge is 0.318 e. The summed E-state index contributed by atoms with van der Waals surface area (Å²) in [5, 5.41) is 3.66. The van der Waals surface area contributed by atoms with Crippen LogP contribution in [-0.4, -0.2) is 31.8 Å². The number of aromatic nitrogens is 3. The summed E-state index contributed by atoms with van der Waals surface area (Å²) in [7, 11) is 0. The summed E-state index contributed by atoms with van der Waals surface area (Å²) in [6.45, 7) is 1.76. The van der Waals surface area contributed by atoms with E-state index >= 15 is 0 Å². The van der Waals surface area contributed by atoms with Gasteiger partial charge in [-0.15, -0.1) is 0 Å². The van der Waals surface area contributed by atoms with Crippen LogP contribution >= 0.6 is 15.9 Å². The van der Waals surface area contributed by atoms with E-state index in [0.29, 0.717) is 5.69 Å². The van der Waals surface area contributed by atoms with E-state index in [0.717, 1.165) is 20.9 Å². The minimum Gasteiger partial charge on any atom is -0.318 e. The molecular formula is C18H14BrN5O2. The number of hydrogen-bond acceptors (Lipinski definition) is 5. The molecule has 0 aliphatic carbocycles. The van der Waals surface area contributed by atoms with Crippen LogP contribution < -0.4 is 5.32 Å². The molecule has 1 N–H and O–H groups in total. The lowest BCUT2D eigenvalue weighted by Gasteiger charge is -2.20. The van der Waals surface area contributed by atoms with E-state index in [1.54, 1.807) is 13.1 Å². The third-order valence-electron chi connectivity index (χ3n) is 4.48. The summed E-state index contributed by atoms with van der Waals surface area (Å²) in [6.07, 6.45) is 6.19.